The SMILES string of the molecule is CCNC(=NCc1ccc(OC)cc1)NCC1CCCN(Cc2cccs2)C1.I. The molecule has 1 unspecified atom stereocenters. The smallest absolute Gasteiger partial charge is 0.191 e. The molecule has 0 aliphatic carbocycles. The third kappa shape index (κ3) is 8.14. The Kier molecular flexibility index (Phi) is 10.8. The number of hydrogen-bond donors (Lipinski definition) is 2. The monoisotopic (exact) mass is 528 g/mol. The largest absolute Gasteiger partial charge is 0.497 e. The van der Waals surface area contributed by atoms with Crippen LogP contribution in [-0.2, 0) is 13.1 Å². The quantitative estimate of drug-likeness (QED) is 0.304. The first-order chi connectivity index (χ1) is 13.8. The molecule has 1 aromatic carbocycles. The molecule has 0 radical (unpaired) electrons. The fourth-order valence-electron chi connectivity index (χ4n) is 3.57. The highest BCUT2D eigenvalue weighted by Crippen LogP contribution is 2.20. The van der Waals surface area contributed by atoms with Gasteiger partial charge in [0, 0.05) is 31.1 Å². The minimum atomic E-state index is 0. The highest BCUT2D eigenvalue weighted by Gasteiger charge is 2.20. The van der Waals surface area contributed by atoms with Gasteiger partial charge in [0.25, 0.3) is 0 Å². The minimum absolute atomic E-state index is 0. The van der Waals surface area contributed by atoms with E-state index in [0.29, 0.717) is 12.5 Å². The molecule has 160 valence electrons. The molecule has 5 nitrogen and oxygen atoms in total. The third-order valence-electron chi connectivity index (χ3n) is 5.04. The average molecular weight is 529 g/mol. The second-order valence-electron chi connectivity index (χ2n) is 7.25. The molecule has 0 saturated carbocycles. The van der Waals surface area contributed by atoms with Crippen LogP contribution in [0.5, 0.6) is 5.75 Å². The number of likely N-dealkylation sites (tertiary alicyclic amines) is 1. The van der Waals surface area contributed by atoms with Crippen molar-refractivity contribution < 1.29 is 4.74 Å². The number of benzene rings is 1. The summed E-state index contributed by atoms with van der Waals surface area (Å²) in [6, 6.07) is 12.5. The predicted octanol–water partition coefficient (Wildman–Crippen LogP) is 4.34. The van der Waals surface area contributed by atoms with Crippen LogP contribution in [0.4, 0.5) is 0 Å². The number of ether oxygens (including phenoxy) is 1. The number of piperidine rings is 1. The van der Waals surface area contributed by atoms with Crippen molar-refractivity contribution in [2.24, 2.45) is 10.9 Å². The Hall–Kier alpha value is -1.32. The number of thiophene rings is 1. The Bertz CT molecular complexity index is 721. The minimum Gasteiger partial charge on any atom is -0.497 e. The van der Waals surface area contributed by atoms with E-state index in [1.165, 1.54) is 29.8 Å². The van der Waals surface area contributed by atoms with Gasteiger partial charge in [-0.2, -0.15) is 0 Å². The van der Waals surface area contributed by atoms with Gasteiger partial charge < -0.3 is 15.4 Å². The zero-order chi connectivity index (χ0) is 19.6. The van der Waals surface area contributed by atoms with E-state index in [9.17, 15) is 0 Å². The average Bonchev–Trinajstić information content (AvgIpc) is 3.24. The lowest BCUT2D eigenvalue weighted by Gasteiger charge is -2.32. The maximum absolute atomic E-state index is 5.22. The second-order valence-corrected chi connectivity index (χ2v) is 8.28. The molecular weight excluding hydrogens is 495 g/mol. The highest BCUT2D eigenvalue weighted by molar-refractivity contribution is 14.0. The summed E-state index contributed by atoms with van der Waals surface area (Å²) in [7, 11) is 1.69. The molecule has 7 heteroatoms. The zero-order valence-corrected chi connectivity index (χ0v) is 20.5. The van der Waals surface area contributed by atoms with E-state index in [1.54, 1.807) is 7.11 Å². The molecule has 2 aromatic rings. The zero-order valence-electron chi connectivity index (χ0n) is 17.4. The van der Waals surface area contributed by atoms with Crippen LogP contribution in [0.2, 0.25) is 0 Å². The van der Waals surface area contributed by atoms with Crippen LogP contribution < -0.4 is 15.4 Å². The van der Waals surface area contributed by atoms with Crippen molar-refractivity contribution in [2.75, 3.05) is 33.3 Å². The van der Waals surface area contributed by atoms with Crippen molar-refractivity contribution in [3.63, 3.8) is 0 Å². The van der Waals surface area contributed by atoms with Gasteiger partial charge in [-0.3, -0.25) is 4.90 Å². The van der Waals surface area contributed by atoms with Gasteiger partial charge in [-0.15, -0.1) is 35.3 Å². The number of nitrogens with zero attached hydrogens (tertiary/aromatic N) is 2. The van der Waals surface area contributed by atoms with Crippen LogP contribution in [0.15, 0.2) is 46.8 Å². The summed E-state index contributed by atoms with van der Waals surface area (Å²) in [6.07, 6.45) is 2.56. The Morgan fingerprint density at radius 3 is 2.76 bits per heavy atom. The fraction of sp³-hybridized carbons (Fsp3) is 0.500. The van der Waals surface area contributed by atoms with Gasteiger partial charge in [0.05, 0.1) is 13.7 Å². The van der Waals surface area contributed by atoms with Gasteiger partial charge in [-0.25, -0.2) is 4.99 Å². The molecule has 1 atom stereocenters. The Balaban J connectivity index is 0.00000300. The number of halogens is 1. The lowest BCUT2D eigenvalue weighted by molar-refractivity contribution is 0.169. The topological polar surface area (TPSA) is 48.9 Å². The molecular formula is C22H33IN4OS. The van der Waals surface area contributed by atoms with E-state index in [0.717, 1.165) is 37.9 Å². The molecule has 1 saturated heterocycles. The van der Waals surface area contributed by atoms with Gasteiger partial charge in [-0.05, 0) is 61.4 Å². The van der Waals surface area contributed by atoms with Crippen molar-refractivity contribution in [1.82, 2.24) is 15.5 Å². The molecule has 1 fully saturated rings. The molecule has 29 heavy (non-hydrogen) atoms. The first-order valence-electron chi connectivity index (χ1n) is 10.2. The van der Waals surface area contributed by atoms with E-state index in [-0.39, 0.29) is 24.0 Å². The first-order valence-corrected chi connectivity index (χ1v) is 11.0. The number of methoxy groups -OCH3 is 1. The molecule has 1 aliphatic rings. The van der Waals surface area contributed by atoms with Crippen LogP contribution in [-0.4, -0.2) is 44.1 Å². The van der Waals surface area contributed by atoms with Gasteiger partial charge in [0.2, 0.25) is 0 Å². The van der Waals surface area contributed by atoms with Crippen molar-refractivity contribution >= 4 is 41.3 Å². The van der Waals surface area contributed by atoms with Crippen molar-refractivity contribution in [3.8, 4) is 5.75 Å². The molecule has 0 spiro atoms. The molecule has 2 heterocycles. The first kappa shape index (κ1) is 24.0. The van der Waals surface area contributed by atoms with Crippen LogP contribution in [0, 0.1) is 5.92 Å². The van der Waals surface area contributed by atoms with Gasteiger partial charge in [-0.1, -0.05) is 18.2 Å². The number of guanidine groups is 1. The summed E-state index contributed by atoms with van der Waals surface area (Å²) in [5.41, 5.74) is 1.18. The molecule has 3 rings (SSSR count). The summed E-state index contributed by atoms with van der Waals surface area (Å²) < 4.78 is 5.22. The van der Waals surface area contributed by atoms with Gasteiger partial charge >= 0.3 is 0 Å². The maximum atomic E-state index is 5.22. The third-order valence-corrected chi connectivity index (χ3v) is 5.91. The van der Waals surface area contributed by atoms with E-state index in [4.69, 9.17) is 9.73 Å². The van der Waals surface area contributed by atoms with Gasteiger partial charge in [0.15, 0.2) is 5.96 Å². The second kappa shape index (κ2) is 13.1. The van der Waals surface area contributed by atoms with Crippen LogP contribution in [0.1, 0.15) is 30.2 Å². The Morgan fingerprint density at radius 1 is 1.24 bits per heavy atom. The summed E-state index contributed by atoms with van der Waals surface area (Å²) in [4.78, 5) is 8.79. The van der Waals surface area contributed by atoms with Crippen LogP contribution >= 0.6 is 35.3 Å². The molecule has 1 aliphatic heterocycles. The van der Waals surface area contributed by atoms with Crippen LogP contribution in [0.25, 0.3) is 0 Å². The summed E-state index contributed by atoms with van der Waals surface area (Å²) in [5.74, 6) is 2.44. The highest BCUT2D eigenvalue weighted by atomic mass is 127. The van der Waals surface area contributed by atoms with E-state index in [2.05, 4.69) is 52.1 Å². The van der Waals surface area contributed by atoms with E-state index < -0.39 is 0 Å². The van der Waals surface area contributed by atoms with E-state index in [1.807, 2.05) is 23.5 Å². The van der Waals surface area contributed by atoms with Crippen molar-refractivity contribution in [2.45, 2.75) is 32.9 Å². The summed E-state index contributed by atoms with van der Waals surface area (Å²) >= 11 is 1.86. The predicted molar refractivity (Wildman–Crippen MR) is 134 cm³/mol. The molecule has 1 aromatic heterocycles. The number of rotatable bonds is 8. The lowest BCUT2D eigenvalue weighted by Crippen LogP contribution is -2.44. The van der Waals surface area contributed by atoms with Crippen LogP contribution in [0.3, 0.4) is 0 Å². The number of hydrogen-bond acceptors (Lipinski definition) is 4. The van der Waals surface area contributed by atoms with Crippen molar-refractivity contribution in [1.29, 1.82) is 0 Å². The normalized spacial score (nSPS) is 17.4. The summed E-state index contributed by atoms with van der Waals surface area (Å²) in [5, 5.41) is 9.08. The number of aliphatic imine (C=N–C) groups is 1. The molecule has 2 N–H and O–H groups in total. The van der Waals surface area contributed by atoms with Gasteiger partial charge in [0.1, 0.15) is 5.75 Å². The lowest BCUT2D eigenvalue weighted by atomic mass is 9.98. The molecule has 0 bridgehead atoms. The Morgan fingerprint density at radius 2 is 2.07 bits per heavy atom. The maximum Gasteiger partial charge on any atom is 0.191 e. The van der Waals surface area contributed by atoms with Crippen molar-refractivity contribution in [3.05, 3.63) is 52.2 Å². The standard InChI is InChI=1S/C22H32N4OS.HI/c1-3-23-22(24-14-18-8-10-20(27-2)11-9-18)25-15-19-6-4-12-26(16-19)17-21-7-5-13-28-21;/h5,7-11,13,19H,3-4,6,12,14-17H2,1-2H3,(H2,23,24,25);1H. The van der Waals surface area contributed by atoms with E-state index >= 15 is 0 Å². The summed E-state index contributed by atoms with van der Waals surface area (Å²) in [6.45, 7) is 8.05. The number of nitrogens with one attached hydrogen (secondary N) is 2. The molecule has 0 amide bonds. The Labute approximate surface area is 196 Å². The fourth-order valence-corrected chi connectivity index (χ4v) is 4.31.